The van der Waals surface area contributed by atoms with E-state index in [0.717, 1.165) is 5.92 Å². The first-order valence-corrected chi connectivity index (χ1v) is 5.47. The minimum Gasteiger partial charge on any atom is -0.0802 e. The summed E-state index contributed by atoms with van der Waals surface area (Å²) in [4.78, 5) is 0. The monoisotopic (exact) mass is 176 g/mol. The fourth-order valence-corrected chi connectivity index (χ4v) is 2.75. The Kier molecular flexibility index (Phi) is 2.09. The molecular formula is C13H20. The molecule has 0 aromatic rings. The van der Waals surface area contributed by atoms with Crippen LogP contribution < -0.4 is 0 Å². The number of rotatable bonds is 0. The summed E-state index contributed by atoms with van der Waals surface area (Å²) in [5.74, 6) is 0.815. The molecule has 0 fully saturated rings. The van der Waals surface area contributed by atoms with Crippen molar-refractivity contribution in [1.29, 1.82) is 0 Å². The molecule has 1 unspecified atom stereocenters. The zero-order chi connectivity index (χ0) is 9.47. The molecule has 0 saturated heterocycles. The third-order valence-corrected chi connectivity index (χ3v) is 3.46. The van der Waals surface area contributed by atoms with Gasteiger partial charge in [-0.2, -0.15) is 0 Å². The van der Waals surface area contributed by atoms with E-state index in [-0.39, 0.29) is 0 Å². The first-order chi connectivity index (χ1) is 6.09. The van der Waals surface area contributed by atoms with Crippen LogP contribution in [0, 0.1) is 11.3 Å². The van der Waals surface area contributed by atoms with Gasteiger partial charge < -0.3 is 0 Å². The molecule has 0 aromatic carbocycles. The van der Waals surface area contributed by atoms with Gasteiger partial charge in [0.1, 0.15) is 0 Å². The van der Waals surface area contributed by atoms with Crippen molar-refractivity contribution in [3.8, 4) is 0 Å². The van der Waals surface area contributed by atoms with E-state index in [1.165, 1.54) is 25.7 Å². The molecule has 0 heteroatoms. The van der Waals surface area contributed by atoms with Crippen molar-refractivity contribution in [3.05, 3.63) is 23.3 Å². The fraction of sp³-hybridized carbons (Fsp3) is 0.692. The van der Waals surface area contributed by atoms with Crippen molar-refractivity contribution in [1.82, 2.24) is 0 Å². The Morgan fingerprint density at radius 1 is 1.31 bits per heavy atom. The van der Waals surface area contributed by atoms with E-state index in [4.69, 9.17) is 0 Å². The largest absolute Gasteiger partial charge is 0.0802 e. The molecule has 0 amide bonds. The van der Waals surface area contributed by atoms with Gasteiger partial charge in [-0.05, 0) is 42.6 Å². The molecule has 0 N–H and O–H groups in total. The van der Waals surface area contributed by atoms with Gasteiger partial charge in [-0.25, -0.2) is 0 Å². The molecule has 2 rings (SSSR count). The van der Waals surface area contributed by atoms with Crippen molar-refractivity contribution in [2.75, 3.05) is 0 Å². The summed E-state index contributed by atoms with van der Waals surface area (Å²) < 4.78 is 0. The second-order valence-electron chi connectivity index (χ2n) is 5.48. The number of hydrogen-bond donors (Lipinski definition) is 0. The number of hydrogen-bond acceptors (Lipinski definition) is 0. The number of allylic oxidation sites excluding steroid dienone is 4. The molecule has 2 aliphatic rings. The summed E-state index contributed by atoms with van der Waals surface area (Å²) in [6.07, 6.45) is 10.1. The van der Waals surface area contributed by atoms with Crippen molar-refractivity contribution in [2.45, 2.75) is 46.5 Å². The van der Waals surface area contributed by atoms with Crippen LogP contribution >= 0.6 is 0 Å². The van der Waals surface area contributed by atoms with E-state index >= 15 is 0 Å². The zero-order valence-electron chi connectivity index (χ0n) is 9.06. The standard InChI is InChI=1S/C13H20/c1-13(2,3)12-9-5-7-10-6-4-8-11(10)12/h4,8,12H,5-7,9H2,1-3H3. The predicted octanol–water partition coefficient (Wildman–Crippen LogP) is 4.09. The van der Waals surface area contributed by atoms with E-state index in [9.17, 15) is 0 Å². The minimum absolute atomic E-state index is 0.454. The lowest BCUT2D eigenvalue weighted by Crippen LogP contribution is -2.24. The lowest BCUT2D eigenvalue weighted by Gasteiger charge is -2.35. The molecule has 0 aromatic heterocycles. The van der Waals surface area contributed by atoms with Gasteiger partial charge in [-0.1, -0.05) is 38.5 Å². The first-order valence-electron chi connectivity index (χ1n) is 5.47. The van der Waals surface area contributed by atoms with Gasteiger partial charge in [-0.3, -0.25) is 0 Å². The Labute approximate surface area is 81.7 Å². The van der Waals surface area contributed by atoms with Crippen LogP contribution in [0.2, 0.25) is 0 Å². The van der Waals surface area contributed by atoms with Gasteiger partial charge in [0.15, 0.2) is 0 Å². The molecule has 1 atom stereocenters. The molecule has 0 saturated carbocycles. The van der Waals surface area contributed by atoms with E-state index in [2.05, 4.69) is 32.9 Å². The Morgan fingerprint density at radius 3 is 2.77 bits per heavy atom. The summed E-state index contributed by atoms with van der Waals surface area (Å²) in [6, 6.07) is 0. The SMILES string of the molecule is CC(C)(C)C1CCCC2=C1C=CC2. The highest BCUT2D eigenvalue weighted by molar-refractivity contribution is 5.38. The van der Waals surface area contributed by atoms with Crippen LogP contribution in [0.15, 0.2) is 23.3 Å². The lowest BCUT2D eigenvalue weighted by molar-refractivity contribution is 0.254. The van der Waals surface area contributed by atoms with E-state index in [1.54, 1.807) is 11.1 Å². The second-order valence-corrected chi connectivity index (χ2v) is 5.48. The first kappa shape index (κ1) is 9.05. The summed E-state index contributed by atoms with van der Waals surface area (Å²) in [6.45, 7) is 7.12. The van der Waals surface area contributed by atoms with Crippen molar-refractivity contribution >= 4 is 0 Å². The molecule has 0 aliphatic heterocycles. The lowest BCUT2D eigenvalue weighted by atomic mass is 9.70. The third kappa shape index (κ3) is 1.59. The average Bonchev–Trinajstić information content (AvgIpc) is 2.48. The van der Waals surface area contributed by atoms with Crippen LogP contribution in [0.1, 0.15) is 46.5 Å². The molecule has 0 radical (unpaired) electrons. The quantitative estimate of drug-likeness (QED) is 0.521. The van der Waals surface area contributed by atoms with Gasteiger partial charge in [-0.15, -0.1) is 0 Å². The Hall–Kier alpha value is -0.520. The highest BCUT2D eigenvalue weighted by Crippen LogP contribution is 2.44. The molecule has 72 valence electrons. The van der Waals surface area contributed by atoms with Crippen molar-refractivity contribution in [3.63, 3.8) is 0 Å². The smallest absolute Gasteiger partial charge is 0.0114 e. The highest BCUT2D eigenvalue weighted by atomic mass is 14.4. The van der Waals surface area contributed by atoms with Crippen LogP contribution in [-0.2, 0) is 0 Å². The molecule has 0 spiro atoms. The molecular weight excluding hydrogens is 156 g/mol. The maximum absolute atomic E-state index is 2.38. The summed E-state index contributed by atoms with van der Waals surface area (Å²) in [5.41, 5.74) is 3.86. The van der Waals surface area contributed by atoms with Crippen LogP contribution in [0.5, 0.6) is 0 Å². The van der Waals surface area contributed by atoms with Crippen LogP contribution in [0.3, 0.4) is 0 Å². The van der Waals surface area contributed by atoms with Gasteiger partial charge in [0.05, 0.1) is 0 Å². The molecule has 0 bridgehead atoms. The highest BCUT2D eigenvalue weighted by Gasteiger charge is 2.31. The molecule has 2 aliphatic carbocycles. The third-order valence-electron chi connectivity index (χ3n) is 3.46. The second kappa shape index (κ2) is 3.01. The van der Waals surface area contributed by atoms with Gasteiger partial charge in [0.2, 0.25) is 0 Å². The topological polar surface area (TPSA) is 0 Å². The van der Waals surface area contributed by atoms with Crippen molar-refractivity contribution < 1.29 is 0 Å². The molecule has 13 heavy (non-hydrogen) atoms. The average molecular weight is 176 g/mol. The normalized spacial score (nSPS) is 28.1. The maximum atomic E-state index is 2.38. The fourth-order valence-electron chi connectivity index (χ4n) is 2.75. The Balaban J connectivity index is 2.29. The predicted molar refractivity (Wildman–Crippen MR) is 57.6 cm³/mol. The summed E-state index contributed by atoms with van der Waals surface area (Å²) in [5, 5.41) is 0. The van der Waals surface area contributed by atoms with Crippen molar-refractivity contribution in [2.24, 2.45) is 11.3 Å². The van der Waals surface area contributed by atoms with Crippen LogP contribution in [-0.4, -0.2) is 0 Å². The minimum atomic E-state index is 0.454. The zero-order valence-corrected chi connectivity index (χ0v) is 9.06. The van der Waals surface area contributed by atoms with Crippen LogP contribution in [0.4, 0.5) is 0 Å². The maximum Gasteiger partial charge on any atom is -0.0114 e. The van der Waals surface area contributed by atoms with E-state index in [0.29, 0.717) is 5.41 Å². The summed E-state index contributed by atoms with van der Waals surface area (Å²) >= 11 is 0. The summed E-state index contributed by atoms with van der Waals surface area (Å²) in [7, 11) is 0. The van der Waals surface area contributed by atoms with Gasteiger partial charge >= 0.3 is 0 Å². The van der Waals surface area contributed by atoms with Crippen LogP contribution in [0.25, 0.3) is 0 Å². The molecule has 0 nitrogen and oxygen atoms in total. The molecule has 0 heterocycles. The van der Waals surface area contributed by atoms with Gasteiger partial charge in [0, 0.05) is 0 Å². The van der Waals surface area contributed by atoms with E-state index < -0.39 is 0 Å². The van der Waals surface area contributed by atoms with Gasteiger partial charge in [0.25, 0.3) is 0 Å². The van der Waals surface area contributed by atoms with E-state index in [1.807, 2.05) is 0 Å². The Morgan fingerprint density at radius 2 is 2.08 bits per heavy atom. The Bertz CT molecular complexity index is 260.